The molecule has 4 nitrogen and oxygen atoms in total. The van der Waals surface area contributed by atoms with Gasteiger partial charge in [0.15, 0.2) is 0 Å². The molecular weight excluding hydrogens is 407 g/mol. The zero-order chi connectivity index (χ0) is 20.3. The molecule has 0 bridgehead atoms. The predicted molar refractivity (Wildman–Crippen MR) is 107 cm³/mol. The van der Waals surface area contributed by atoms with Crippen molar-refractivity contribution in [1.29, 1.82) is 0 Å². The minimum Gasteiger partial charge on any atom is -0.324 e. The lowest BCUT2D eigenvalue weighted by atomic mass is 10.2. The molecule has 0 aliphatic carbocycles. The SMILES string of the molecule is CSc1ccccc1NC(=O)C(C)Sc1nc(C(F)(F)F)nc2ccccc12. The standard InChI is InChI=1S/C19H16F3N3OS2/c1-11(16(26)23-14-9-5-6-10-15(14)27-2)28-17-12-7-3-4-8-13(12)24-18(25-17)19(20,21)22/h3-11H,1-2H3,(H,23,26). The average molecular weight is 423 g/mol. The molecular formula is C19H16F3N3OS2. The number of carbonyl (C=O) groups is 1. The van der Waals surface area contributed by atoms with Gasteiger partial charge in [-0.15, -0.1) is 11.8 Å². The van der Waals surface area contributed by atoms with Crippen LogP contribution in [0.15, 0.2) is 58.5 Å². The lowest BCUT2D eigenvalue weighted by Gasteiger charge is -2.15. The molecule has 1 amide bonds. The van der Waals surface area contributed by atoms with Gasteiger partial charge in [-0.25, -0.2) is 9.97 Å². The molecule has 1 heterocycles. The first-order valence-corrected chi connectivity index (χ1v) is 10.3. The molecule has 2 aromatic carbocycles. The summed E-state index contributed by atoms with van der Waals surface area (Å²) in [5.74, 6) is -1.53. The summed E-state index contributed by atoms with van der Waals surface area (Å²) in [5, 5.41) is 2.77. The number of fused-ring (bicyclic) bond motifs is 1. The maximum atomic E-state index is 13.1. The van der Waals surface area contributed by atoms with Crippen LogP contribution in [0, 0.1) is 0 Å². The summed E-state index contributed by atoms with van der Waals surface area (Å²) in [4.78, 5) is 20.8. The topological polar surface area (TPSA) is 54.9 Å². The molecule has 3 aromatic rings. The van der Waals surface area contributed by atoms with Crippen molar-refractivity contribution in [2.75, 3.05) is 11.6 Å². The molecule has 1 unspecified atom stereocenters. The van der Waals surface area contributed by atoms with Gasteiger partial charge in [0.2, 0.25) is 11.7 Å². The van der Waals surface area contributed by atoms with Gasteiger partial charge in [-0.1, -0.05) is 42.1 Å². The van der Waals surface area contributed by atoms with Gasteiger partial charge >= 0.3 is 6.18 Å². The third-order valence-corrected chi connectivity index (χ3v) is 5.74. The summed E-state index contributed by atoms with van der Waals surface area (Å²) >= 11 is 2.47. The number of nitrogens with zero attached hydrogens (tertiary/aromatic N) is 2. The molecule has 1 aromatic heterocycles. The molecule has 0 saturated carbocycles. The van der Waals surface area contributed by atoms with Crippen molar-refractivity contribution in [1.82, 2.24) is 9.97 Å². The fourth-order valence-corrected chi connectivity index (χ4v) is 3.96. The molecule has 3 rings (SSSR count). The number of nitrogens with one attached hydrogen (secondary N) is 1. The summed E-state index contributed by atoms with van der Waals surface area (Å²) < 4.78 is 39.4. The van der Waals surface area contributed by atoms with Crippen molar-refractivity contribution < 1.29 is 18.0 Å². The van der Waals surface area contributed by atoms with Crippen LogP contribution in [-0.4, -0.2) is 27.4 Å². The summed E-state index contributed by atoms with van der Waals surface area (Å²) in [6.45, 7) is 1.63. The molecule has 0 aliphatic rings. The number of anilines is 1. The van der Waals surface area contributed by atoms with Crippen LogP contribution >= 0.6 is 23.5 Å². The molecule has 0 aliphatic heterocycles. The van der Waals surface area contributed by atoms with E-state index in [9.17, 15) is 18.0 Å². The van der Waals surface area contributed by atoms with Crippen LogP contribution < -0.4 is 5.32 Å². The van der Waals surface area contributed by atoms with Gasteiger partial charge in [0, 0.05) is 10.3 Å². The number of hydrogen-bond donors (Lipinski definition) is 1. The largest absolute Gasteiger partial charge is 0.451 e. The van der Waals surface area contributed by atoms with Crippen LogP contribution in [0.2, 0.25) is 0 Å². The first-order chi connectivity index (χ1) is 13.3. The van der Waals surface area contributed by atoms with E-state index in [1.54, 1.807) is 37.3 Å². The second kappa shape index (κ2) is 8.40. The molecule has 9 heteroatoms. The summed E-state index contributed by atoms with van der Waals surface area (Å²) in [6.07, 6.45) is -2.77. The van der Waals surface area contributed by atoms with Crippen LogP contribution in [-0.2, 0) is 11.0 Å². The molecule has 146 valence electrons. The molecule has 0 saturated heterocycles. The highest BCUT2D eigenvalue weighted by Crippen LogP contribution is 2.34. The zero-order valence-corrected chi connectivity index (χ0v) is 16.6. The molecule has 0 radical (unpaired) electrons. The maximum absolute atomic E-state index is 13.1. The number of rotatable bonds is 5. The number of carbonyl (C=O) groups excluding carboxylic acids is 1. The van der Waals surface area contributed by atoms with E-state index >= 15 is 0 Å². The highest BCUT2D eigenvalue weighted by Gasteiger charge is 2.36. The Kier molecular flexibility index (Phi) is 6.14. The predicted octanol–water partition coefficient (Wildman–Crippen LogP) is 5.49. The first-order valence-electron chi connectivity index (χ1n) is 8.24. The maximum Gasteiger partial charge on any atom is 0.451 e. The minimum atomic E-state index is -4.66. The monoisotopic (exact) mass is 423 g/mol. The summed E-state index contributed by atoms with van der Waals surface area (Å²) in [5.41, 5.74) is 0.851. The molecule has 28 heavy (non-hydrogen) atoms. The van der Waals surface area contributed by atoms with Crippen LogP contribution in [0.3, 0.4) is 0 Å². The molecule has 1 atom stereocenters. The number of alkyl halides is 3. The quantitative estimate of drug-likeness (QED) is 0.434. The van der Waals surface area contributed by atoms with Crippen LogP contribution in [0.25, 0.3) is 10.9 Å². The van der Waals surface area contributed by atoms with E-state index in [-0.39, 0.29) is 16.4 Å². The Morgan fingerprint density at radius 1 is 1.07 bits per heavy atom. The Morgan fingerprint density at radius 2 is 1.75 bits per heavy atom. The lowest BCUT2D eigenvalue weighted by molar-refractivity contribution is -0.145. The number of aromatic nitrogens is 2. The number of benzene rings is 2. The van der Waals surface area contributed by atoms with Crippen molar-refractivity contribution in [2.24, 2.45) is 0 Å². The third kappa shape index (κ3) is 4.59. The normalized spacial score (nSPS) is 12.8. The van der Waals surface area contributed by atoms with Crippen molar-refractivity contribution in [2.45, 2.75) is 28.3 Å². The van der Waals surface area contributed by atoms with E-state index in [1.807, 2.05) is 18.4 Å². The average Bonchev–Trinajstić information content (AvgIpc) is 2.67. The number of amides is 1. The van der Waals surface area contributed by atoms with Gasteiger partial charge in [-0.2, -0.15) is 13.2 Å². The Balaban J connectivity index is 1.88. The highest BCUT2D eigenvalue weighted by molar-refractivity contribution is 8.00. The Bertz CT molecular complexity index is 1010. The summed E-state index contributed by atoms with van der Waals surface area (Å²) in [6, 6.07) is 13.8. The van der Waals surface area contributed by atoms with Gasteiger partial charge in [-0.3, -0.25) is 4.79 Å². The summed E-state index contributed by atoms with van der Waals surface area (Å²) in [7, 11) is 0. The highest BCUT2D eigenvalue weighted by atomic mass is 32.2. The van der Waals surface area contributed by atoms with Gasteiger partial charge in [0.1, 0.15) is 5.03 Å². The second-order valence-corrected chi connectivity index (χ2v) is 7.99. The van der Waals surface area contributed by atoms with E-state index in [0.29, 0.717) is 11.1 Å². The zero-order valence-electron chi connectivity index (χ0n) is 14.9. The van der Waals surface area contributed by atoms with Crippen molar-refractivity contribution in [3.05, 3.63) is 54.4 Å². The Hall–Kier alpha value is -2.26. The van der Waals surface area contributed by atoms with E-state index in [1.165, 1.54) is 17.8 Å². The molecule has 0 fully saturated rings. The fraction of sp³-hybridized carbons (Fsp3) is 0.211. The van der Waals surface area contributed by atoms with Gasteiger partial charge in [-0.05, 0) is 31.4 Å². The van der Waals surface area contributed by atoms with Crippen molar-refractivity contribution >= 4 is 46.0 Å². The Labute approximate surface area is 168 Å². The van der Waals surface area contributed by atoms with Crippen molar-refractivity contribution in [3.8, 4) is 0 Å². The van der Waals surface area contributed by atoms with E-state index in [0.717, 1.165) is 16.7 Å². The van der Waals surface area contributed by atoms with Gasteiger partial charge in [0.05, 0.1) is 16.5 Å². The van der Waals surface area contributed by atoms with Crippen molar-refractivity contribution in [3.63, 3.8) is 0 Å². The first kappa shape index (κ1) is 20.5. The van der Waals surface area contributed by atoms with Crippen LogP contribution in [0.4, 0.5) is 18.9 Å². The third-order valence-electron chi connectivity index (χ3n) is 3.84. The molecule has 0 spiro atoms. The van der Waals surface area contributed by atoms with Crippen LogP contribution in [0.1, 0.15) is 12.7 Å². The van der Waals surface area contributed by atoms with E-state index < -0.39 is 17.3 Å². The number of halogens is 3. The van der Waals surface area contributed by atoms with Crippen LogP contribution in [0.5, 0.6) is 0 Å². The number of para-hydroxylation sites is 2. The smallest absolute Gasteiger partial charge is 0.324 e. The minimum absolute atomic E-state index is 0.124. The second-order valence-electron chi connectivity index (χ2n) is 5.82. The number of hydrogen-bond acceptors (Lipinski definition) is 5. The van der Waals surface area contributed by atoms with E-state index in [4.69, 9.17) is 0 Å². The van der Waals surface area contributed by atoms with Gasteiger partial charge < -0.3 is 5.32 Å². The van der Waals surface area contributed by atoms with Gasteiger partial charge in [0.25, 0.3) is 0 Å². The Morgan fingerprint density at radius 3 is 2.46 bits per heavy atom. The fourth-order valence-electron chi connectivity index (χ4n) is 2.47. The van der Waals surface area contributed by atoms with E-state index in [2.05, 4.69) is 15.3 Å². The lowest BCUT2D eigenvalue weighted by Crippen LogP contribution is -2.23. The number of thioether (sulfide) groups is 2. The molecule has 1 N–H and O–H groups in total.